The van der Waals surface area contributed by atoms with Crippen LogP contribution in [-0.2, 0) is 14.8 Å². The Labute approximate surface area is 122 Å². The van der Waals surface area contributed by atoms with Crippen LogP contribution in [0.3, 0.4) is 0 Å². The Morgan fingerprint density at radius 1 is 1.38 bits per heavy atom. The molecule has 0 radical (unpaired) electrons. The number of nitrogens with two attached hydrogens (primary N) is 1. The lowest BCUT2D eigenvalue weighted by atomic mass is 10.2. The van der Waals surface area contributed by atoms with Gasteiger partial charge in [0, 0.05) is 12.2 Å². The standard InChI is InChI=1S/C12H17N3O5S/c1-3-14-11(16)7(2)15-21(19,20)10-6-8(13)4-5-9(10)12(17)18/h4-7,15H,3,13H2,1-2H3,(H,14,16)(H,17,18). The third kappa shape index (κ3) is 4.17. The van der Waals surface area contributed by atoms with Crippen molar-refractivity contribution in [2.24, 2.45) is 0 Å². The van der Waals surface area contributed by atoms with E-state index < -0.39 is 38.4 Å². The van der Waals surface area contributed by atoms with Crippen LogP contribution in [0.2, 0.25) is 0 Å². The van der Waals surface area contributed by atoms with Crippen molar-refractivity contribution in [1.82, 2.24) is 10.0 Å². The van der Waals surface area contributed by atoms with Gasteiger partial charge in [-0.2, -0.15) is 4.72 Å². The highest BCUT2D eigenvalue weighted by molar-refractivity contribution is 7.89. The van der Waals surface area contributed by atoms with Crippen LogP contribution in [0.5, 0.6) is 0 Å². The van der Waals surface area contributed by atoms with Gasteiger partial charge < -0.3 is 16.2 Å². The maximum atomic E-state index is 12.2. The Kier molecular flexibility index (Phi) is 5.28. The molecule has 0 fully saturated rings. The second-order valence-corrected chi connectivity index (χ2v) is 5.98. The van der Waals surface area contributed by atoms with Gasteiger partial charge in [-0.3, -0.25) is 4.79 Å². The molecule has 116 valence electrons. The molecule has 1 rings (SSSR count). The first kappa shape index (κ1) is 16.9. The molecule has 5 N–H and O–H groups in total. The summed E-state index contributed by atoms with van der Waals surface area (Å²) in [5, 5.41) is 11.5. The Bertz CT molecular complexity index is 657. The highest BCUT2D eigenvalue weighted by atomic mass is 32.2. The molecule has 0 saturated carbocycles. The maximum absolute atomic E-state index is 12.2. The summed E-state index contributed by atoms with van der Waals surface area (Å²) in [6.45, 7) is 3.40. The van der Waals surface area contributed by atoms with Gasteiger partial charge in [0.1, 0.15) is 0 Å². The fraction of sp³-hybridized carbons (Fsp3) is 0.333. The number of aromatic carboxylic acids is 1. The number of nitrogens with one attached hydrogen (secondary N) is 2. The number of hydrogen-bond acceptors (Lipinski definition) is 5. The van der Waals surface area contributed by atoms with E-state index in [1.165, 1.54) is 13.0 Å². The van der Waals surface area contributed by atoms with Gasteiger partial charge in [0.25, 0.3) is 0 Å². The third-order valence-electron chi connectivity index (χ3n) is 2.60. The Balaban J connectivity index is 3.16. The van der Waals surface area contributed by atoms with Crippen molar-refractivity contribution in [1.29, 1.82) is 0 Å². The number of carbonyl (C=O) groups excluding carboxylic acids is 1. The van der Waals surface area contributed by atoms with Crippen molar-refractivity contribution < 1.29 is 23.1 Å². The number of benzene rings is 1. The number of carbonyl (C=O) groups is 2. The van der Waals surface area contributed by atoms with E-state index in [9.17, 15) is 18.0 Å². The Morgan fingerprint density at radius 3 is 2.52 bits per heavy atom. The molecule has 1 atom stereocenters. The predicted molar refractivity (Wildman–Crippen MR) is 76.3 cm³/mol. The highest BCUT2D eigenvalue weighted by Gasteiger charge is 2.26. The lowest BCUT2D eigenvalue weighted by molar-refractivity contribution is -0.122. The molecule has 0 saturated heterocycles. The molecule has 1 amide bonds. The maximum Gasteiger partial charge on any atom is 0.337 e. The summed E-state index contributed by atoms with van der Waals surface area (Å²) >= 11 is 0. The summed E-state index contributed by atoms with van der Waals surface area (Å²) in [5.41, 5.74) is 5.18. The van der Waals surface area contributed by atoms with Gasteiger partial charge in [0.15, 0.2) is 0 Å². The van der Waals surface area contributed by atoms with Crippen molar-refractivity contribution in [2.75, 3.05) is 12.3 Å². The van der Waals surface area contributed by atoms with Crippen LogP contribution < -0.4 is 15.8 Å². The van der Waals surface area contributed by atoms with Gasteiger partial charge in [-0.25, -0.2) is 13.2 Å². The van der Waals surface area contributed by atoms with Crippen LogP contribution in [0.15, 0.2) is 23.1 Å². The minimum Gasteiger partial charge on any atom is -0.478 e. The van der Waals surface area contributed by atoms with Gasteiger partial charge in [0.2, 0.25) is 15.9 Å². The molecular formula is C12H17N3O5S. The zero-order valence-corrected chi connectivity index (χ0v) is 12.4. The minimum atomic E-state index is -4.19. The lowest BCUT2D eigenvalue weighted by Gasteiger charge is -2.15. The number of anilines is 1. The number of carboxylic acids is 1. The average Bonchev–Trinajstić information content (AvgIpc) is 2.38. The Morgan fingerprint density at radius 2 is 2.00 bits per heavy atom. The van der Waals surface area contributed by atoms with Crippen LogP contribution in [0.1, 0.15) is 24.2 Å². The highest BCUT2D eigenvalue weighted by Crippen LogP contribution is 2.19. The van der Waals surface area contributed by atoms with Crippen LogP contribution in [-0.4, -0.2) is 38.0 Å². The van der Waals surface area contributed by atoms with E-state index in [0.29, 0.717) is 6.54 Å². The average molecular weight is 315 g/mol. The van der Waals surface area contributed by atoms with Gasteiger partial charge in [-0.05, 0) is 32.0 Å². The molecule has 1 unspecified atom stereocenters. The van der Waals surface area contributed by atoms with E-state index in [1.54, 1.807) is 6.92 Å². The number of nitrogen functional groups attached to an aromatic ring is 1. The summed E-state index contributed by atoms with van der Waals surface area (Å²) in [5.74, 6) is -1.91. The zero-order chi connectivity index (χ0) is 16.2. The second kappa shape index (κ2) is 6.55. The van der Waals surface area contributed by atoms with Gasteiger partial charge in [-0.1, -0.05) is 0 Å². The molecule has 0 aliphatic heterocycles. The van der Waals surface area contributed by atoms with Crippen molar-refractivity contribution in [3.63, 3.8) is 0 Å². The molecule has 0 bridgehead atoms. The summed E-state index contributed by atoms with van der Waals surface area (Å²) in [7, 11) is -4.19. The van der Waals surface area contributed by atoms with Crippen molar-refractivity contribution in [3.8, 4) is 0 Å². The summed E-state index contributed by atoms with van der Waals surface area (Å²) in [6, 6.07) is 2.38. The van der Waals surface area contributed by atoms with Crippen molar-refractivity contribution in [3.05, 3.63) is 23.8 Å². The molecule has 9 heteroatoms. The second-order valence-electron chi connectivity index (χ2n) is 4.30. The predicted octanol–water partition coefficient (Wildman–Crippen LogP) is -0.230. The van der Waals surface area contributed by atoms with Crippen molar-refractivity contribution >= 4 is 27.6 Å². The van der Waals surface area contributed by atoms with Crippen LogP contribution in [0.25, 0.3) is 0 Å². The largest absolute Gasteiger partial charge is 0.478 e. The molecule has 0 aliphatic carbocycles. The fourth-order valence-electron chi connectivity index (χ4n) is 1.61. The van der Waals surface area contributed by atoms with Gasteiger partial charge >= 0.3 is 5.97 Å². The van der Waals surface area contributed by atoms with E-state index in [-0.39, 0.29) is 5.69 Å². The lowest BCUT2D eigenvalue weighted by Crippen LogP contribution is -2.44. The van der Waals surface area contributed by atoms with Crippen LogP contribution in [0.4, 0.5) is 5.69 Å². The van der Waals surface area contributed by atoms with E-state index in [4.69, 9.17) is 10.8 Å². The molecule has 21 heavy (non-hydrogen) atoms. The van der Waals surface area contributed by atoms with E-state index in [0.717, 1.165) is 12.1 Å². The van der Waals surface area contributed by atoms with Crippen molar-refractivity contribution in [2.45, 2.75) is 24.8 Å². The third-order valence-corrected chi connectivity index (χ3v) is 4.18. The van der Waals surface area contributed by atoms with E-state index in [2.05, 4.69) is 10.0 Å². The fourth-order valence-corrected chi connectivity index (χ4v) is 3.05. The number of sulfonamides is 1. The monoisotopic (exact) mass is 315 g/mol. The van der Waals surface area contributed by atoms with E-state index in [1.807, 2.05) is 0 Å². The first-order chi connectivity index (χ1) is 9.69. The molecule has 0 aliphatic rings. The summed E-state index contributed by atoms with van der Waals surface area (Å²) in [4.78, 5) is 22.2. The molecule has 1 aromatic rings. The number of rotatable bonds is 6. The normalized spacial score (nSPS) is 12.7. The smallest absolute Gasteiger partial charge is 0.337 e. The van der Waals surface area contributed by atoms with E-state index >= 15 is 0 Å². The molecule has 0 spiro atoms. The van der Waals surface area contributed by atoms with Gasteiger partial charge in [0.05, 0.1) is 16.5 Å². The number of carboxylic acid groups (broad SMARTS) is 1. The molecule has 1 aromatic carbocycles. The first-order valence-corrected chi connectivity index (χ1v) is 7.60. The summed E-state index contributed by atoms with van der Waals surface area (Å²) < 4.78 is 26.6. The molecule has 0 aromatic heterocycles. The minimum absolute atomic E-state index is 0.103. The number of hydrogen-bond donors (Lipinski definition) is 4. The number of likely N-dealkylation sites (N-methyl/N-ethyl adjacent to an activating group) is 1. The SMILES string of the molecule is CCNC(=O)C(C)NS(=O)(=O)c1cc(N)ccc1C(=O)O. The van der Waals surface area contributed by atoms with Gasteiger partial charge in [-0.15, -0.1) is 0 Å². The Hall–Kier alpha value is -2.13. The first-order valence-electron chi connectivity index (χ1n) is 6.12. The molecule has 8 nitrogen and oxygen atoms in total. The van der Waals surface area contributed by atoms with Crippen LogP contribution in [0, 0.1) is 0 Å². The molecule has 0 heterocycles. The summed E-state index contributed by atoms with van der Waals surface area (Å²) in [6.07, 6.45) is 0. The molecular weight excluding hydrogens is 298 g/mol. The topological polar surface area (TPSA) is 139 Å². The quantitative estimate of drug-likeness (QED) is 0.535. The zero-order valence-electron chi connectivity index (χ0n) is 11.6. The van der Waals surface area contributed by atoms with Crippen LogP contribution >= 0.6 is 0 Å². The number of amides is 1.